The van der Waals surface area contributed by atoms with Gasteiger partial charge in [-0.3, -0.25) is 9.59 Å². The maximum Gasteiger partial charge on any atom is 0.317 e. The Hall–Kier alpha value is -2.09. The number of urea groups is 1. The number of carboxylic acids is 1. The smallest absolute Gasteiger partial charge is 0.317 e. The quantitative estimate of drug-likeness (QED) is 0.658. The van der Waals surface area contributed by atoms with Crippen LogP contribution in [0.4, 0.5) is 4.79 Å². The number of hydrogen-bond acceptors (Lipinski definition) is 3. The molecule has 130 valence electrons. The van der Waals surface area contributed by atoms with Gasteiger partial charge in [-0.05, 0) is 31.0 Å². The van der Waals surface area contributed by atoms with Crippen LogP contribution in [0, 0.1) is 5.92 Å². The molecule has 0 bridgehead atoms. The molecule has 1 saturated heterocycles. The maximum absolute atomic E-state index is 12.0. The van der Waals surface area contributed by atoms with Gasteiger partial charge in [0.1, 0.15) is 0 Å². The number of amides is 3. The molecule has 1 atom stereocenters. The molecule has 1 aliphatic rings. The minimum atomic E-state index is -0.867. The van der Waals surface area contributed by atoms with E-state index in [1.54, 1.807) is 18.2 Å². The molecule has 24 heavy (non-hydrogen) atoms. The molecule has 0 aliphatic carbocycles. The Morgan fingerprint density at radius 2 is 2.00 bits per heavy atom. The van der Waals surface area contributed by atoms with Gasteiger partial charge in [-0.2, -0.15) is 0 Å². The summed E-state index contributed by atoms with van der Waals surface area (Å²) in [5.41, 5.74) is 0.538. The normalized spacial score (nSPS) is 17.2. The zero-order valence-corrected chi connectivity index (χ0v) is 14.7. The van der Waals surface area contributed by atoms with Crippen molar-refractivity contribution in [1.29, 1.82) is 0 Å². The number of benzene rings is 1. The molecular weight excluding hydrogens is 378 g/mol. The van der Waals surface area contributed by atoms with E-state index in [1.807, 2.05) is 6.07 Å². The lowest BCUT2D eigenvalue weighted by Crippen LogP contribution is -2.48. The number of carbonyl (C=O) groups is 3. The topological polar surface area (TPSA) is 98.7 Å². The maximum atomic E-state index is 12.0. The van der Waals surface area contributed by atoms with Gasteiger partial charge < -0.3 is 20.6 Å². The van der Waals surface area contributed by atoms with E-state index in [-0.39, 0.29) is 25.0 Å². The van der Waals surface area contributed by atoms with E-state index >= 15 is 0 Å². The molecule has 1 aromatic rings. The summed E-state index contributed by atoms with van der Waals surface area (Å²) >= 11 is 3.31. The van der Waals surface area contributed by atoms with Crippen LogP contribution >= 0.6 is 15.9 Å². The number of likely N-dealkylation sites (tertiary alicyclic amines) is 1. The Morgan fingerprint density at radius 1 is 1.25 bits per heavy atom. The first-order valence-corrected chi connectivity index (χ1v) is 8.56. The Morgan fingerprint density at radius 3 is 2.71 bits per heavy atom. The summed E-state index contributed by atoms with van der Waals surface area (Å²) < 4.78 is 0.821. The molecule has 0 spiro atoms. The summed E-state index contributed by atoms with van der Waals surface area (Å²) in [5.74, 6) is -1.58. The van der Waals surface area contributed by atoms with Crippen molar-refractivity contribution in [1.82, 2.24) is 15.5 Å². The summed E-state index contributed by atoms with van der Waals surface area (Å²) in [6.07, 6.45) is 1.28. The van der Waals surface area contributed by atoms with Crippen molar-refractivity contribution in [3.8, 4) is 0 Å². The molecule has 1 unspecified atom stereocenters. The third-order valence-electron chi connectivity index (χ3n) is 3.83. The molecule has 1 aromatic carbocycles. The molecule has 1 fully saturated rings. The second-order valence-corrected chi connectivity index (χ2v) is 6.54. The molecule has 0 saturated carbocycles. The molecule has 2 rings (SSSR count). The highest BCUT2D eigenvalue weighted by Gasteiger charge is 2.27. The fourth-order valence-electron chi connectivity index (χ4n) is 2.55. The van der Waals surface area contributed by atoms with E-state index in [0.29, 0.717) is 31.5 Å². The lowest BCUT2D eigenvalue weighted by atomic mass is 9.99. The van der Waals surface area contributed by atoms with Gasteiger partial charge in [0.05, 0.1) is 5.92 Å². The fraction of sp³-hybridized carbons (Fsp3) is 0.438. The number of carbonyl (C=O) groups excluding carboxylic acids is 2. The Bertz CT molecular complexity index is 623. The van der Waals surface area contributed by atoms with Crippen LogP contribution in [-0.4, -0.2) is 54.1 Å². The molecule has 3 amide bonds. The number of carboxylic acid groups (broad SMARTS) is 1. The number of piperidine rings is 1. The van der Waals surface area contributed by atoms with Crippen molar-refractivity contribution in [2.75, 3.05) is 26.2 Å². The number of hydrogen-bond donors (Lipinski definition) is 3. The van der Waals surface area contributed by atoms with Gasteiger partial charge in [-0.15, -0.1) is 0 Å². The second-order valence-electron chi connectivity index (χ2n) is 5.62. The first-order chi connectivity index (χ1) is 11.5. The Labute approximate surface area is 148 Å². The third-order valence-corrected chi connectivity index (χ3v) is 4.32. The summed E-state index contributed by atoms with van der Waals surface area (Å²) in [6, 6.07) is 6.74. The number of aliphatic carboxylic acids is 1. The molecule has 8 heteroatoms. The van der Waals surface area contributed by atoms with Crippen molar-refractivity contribution < 1.29 is 19.5 Å². The van der Waals surface area contributed by atoms with Crippen LogP contribution in [0.1, 0.15) is 23.2 Å². The first-order valence-electron chi connectivity index (χ1n) is 7.76. The van der Waals surface area contributed by atoms with E-state index < -0.39 is 11.9 Å². The zero-order valence-electron chi connectivity index (χ0n) is 13.1. The van der Waals surface area contributed by atoms with Crippen LogP contribution < -0.4 is 10.6 Å². The van der Waals surface area contributed by atoms with E-state index in [4.69, 9.17) is 5.11 Å². The van der Waals surface area contributed by atoms with Crippen LogP contribution in [-0.2, 0) is 4.79 Å². The predicted octanol–water partition coefficient (Wildman–Crippen LogP) is 1.69. The minimum Gasteiger partial charge on any atom is -0.481 e. The fourth-order valence-corrected chi connectivity index (χ4v) is 2.95. The van der Waals surface area contributed by atoms with Crippen molar-refractivity contribution in [2.24, 2.45) is 5.92 Å². The minimum absolute atomic E-state index is 0.213. The predicted molar refractivity (Wildman–Crippen MR) is 91.8 cm³/mol. The Kier molecular flexibility index (Phi) is 6.60. The second kappa shape index (κ2) is 8.68. The highest BCUT2D eigenvalue weighted by Crippen LogP contribution is 2.16. The number of halogens is 1. The molecule has 0 radical (unpaired) electrons. The average molecular weight is 398 g/mol. The van der Waals surface area contributed by atoms with Crippen LogP contribution in [0.3, 0.4) is 0 Å². The van der Waals surface area contributed by atoms with Crippen LogP contribution in [0.5, 0.6) is 0 Å². The summed E-state index contributed by atoms with van der Waals surface area (Å²) in [5, 5.41) is 14.5. The summed E-state index contributed by atoms with van der Waals surface area (Å²) in [4.78, 5) is 36.5. The van der Waals surface area contributed by atoms with E-state index in [1.165, 1.54) is 4.90 Å². The van der Waals surface area contributed by atoms with Crippen molar-refractivity contribution in [3.05, 3.63) is 34.3 Å². The standard InChI is InChI=1S/C16H20BrN3O4/c17-13-5-1-3-11(9-13)14(21)18-6-7-19-16(24)20-8-2-4-12(10-20)15(22)23/h1,3,5,9,12H,2,4,6-8,10H2,(H,18,21)(H,19,24)(H,22,23). The number of nitrogens with one attached hydrogen (secondary N) is 2. The Balaban J connectivity index is 1.71. The van der Waals surface area contributed by atoms with Gasteiger partial charge in [-0.1, -0.05) is 22.0 Å². The average Bonchev–Trinajstić information content (AvgIpc) is 2.58. The van der Waals surface area contributed by atoms with E-state index in [2.05, 4.69) is 26.6 Å². The van der Waals surface area contributed by atoms with E-state index in [9.17, 15) is 14.4 Å². The first kappa shape index (κ1) is 18.3. The number of rotatable bonds is 5. The highest BCUT2D eigenvalue weighted by molar-refractivity contribution is 9.10. The zero-order chi connectivity index (χ0) is 17.5. The number of nitrogens with zero attached hydrogens (tertiary/aromatic N) is 1. The van der Waals surface area contributed by atoms with Gasteiger partial charge in [0.2, 0.25) is 0 Å². The molecule has 7 nitrogen and oxygen atoms in total. The van der Waals surface area contributed by atoms with Crippen molar-refractivity contribution >= 4 is 33.8 Å². The van der Waals surface area contributed by atoms with E-state index in [0.717, 1.165) is 4.47 Å². The third kappa shape index (κ3) is 5.23. The summed E-state index contributed by atoms with van der Waals surface area (Å²) in [6.45, 7) is 1.37. The molecular formula is C16H20BrN3O4. The molecule has 3 N–H and O–H groups in total. The van der Waals surface area contributed by atoms with Crippen molar-refractivity contribution in [2.45, 2.75) is 12.8 Å². The van der Waals surface area contributed by atoms with Crippen LogP contribution in [0.25, 0.3) is 0 Å². The molecule has 0 aromatic heterocycles. The van der Waals surface area contributed by atoms with Crippen LogP contribution in [0.15, 0.2) is 28.7 Å². The van der Waals surface area contributed by atoms with Crippen LogP contribution in [0.2, 0.25) is 0 Å². The van der Waals surface area contributed by atoms with Gasteiger partial charge >= 0.3 is 12.0 Å². The molecule has 1 aliphatic heterocycles. The monoisotopic (exact) mass is 397 g/mol. The lowest BCUT2D eigenvalue weighted by Gasteiger charge is -2.30. The van der Waals surface area contributed by atoms with Gasteiger partial charge in [-0.25, -0.2) is 4.79 Å². The SMILES string of the molecule is O=C(NCCNC(=O)N1CCCC(C(=O)O)C1)c1cccc(Br)c1. The van der Waals surface area contributed by atoms with Gasteiger partial charge in [0.25, 0.3) is 5.91 Å². The largest absolute Gasteiger partial charge is 0.481 e. The highest BCUT2D eigenvalue weighted by atomic mass is 79.9. The summed E-state index contributed by atoms with van der Waals surface area (Å²) in [7, 11) is 0. The van der Waals surface area contributed by atoms with Gasteiger partial charge in [0.15, 0.2) is 0 Å². The van der Waals surface area contributed by atoms with Crippen molar-refractivity contribution in [3.63, 3.8) is 0 Å². The lowest BCUT2D eigenvalue weighted by molar-refractivity contribution is -0.143. The molecule has 1 heterocycles. The van der Waals surface area contributed by atoms with Gasteiger partial charge in [0, 0.05) is 36.2 Å².